The quantitative estimate of drug-likeness (QED) is 0.752. The Morgan fingerprint density at radius 1 is 1.53 bits per heavy atom. The summed E-state index contributed by atoms with van der Waals surface area (Å²) in [7, 11) is 0. The van der Waals surface area contributed by atoms with Gasteiger partial charge in [0.25, 0.3) is 0 Å². The fraction of sp³-hybridized carbons (Fsp3) is 0.417. The number of rotatable bonds is 5. The molecule has 0 saturated carbocycles. The molecule has 0 saturated heterocycles. The van der Waals surface area contributed by atoms with Gasteiger partial charge >= 0.3 is 6.09 Å². The topological polar surface area (TPSA) is 38.3 Å². The highest BCUT2D eigenvalue weighted by molar-refractivity contribution is 5.67. The number of carbonyl (C=O) groups is 1. The van der Waals surface area contributed by atoms with Gasteiger partial charge < -0.3 is 10.1 Å². The summed E-state index contributed by atoms with van der Waals surface area (Å²) in [6, 6.07) is 10.6. The van der Waals surface area contributed by atoms with Gasteiger partial charge in [-0.3, -0.25) is 0 Å². The number of amides is 1. The van der Waals surface area contributed by atoms with E-state index in [-0.39, 0.29) is 6.09 Å². The standard InChI is InChI=1S/C12H16NO2/c1-2-3-9-15-12(14)13-10-11-7-5-4-6-8-11/h4-7H,2-3,9-10H2,1H3,(H,13,14). The van der Waals surface area contributed by atoms with Gasteiger partial charge in [0.1, 0.15) is 0 Å². The van der Waals surface area contributed by atoms with Crippen LogP contribution in [0.3, 0.4) is 0 Å². The molecule has 1 amide bonds. The van der Waals surface area contributed by atoms with Crippen molar-refractivity contribution < 1.29 is 9.53 Å². The van der Waals surface area contributed by atoms with E-state index in [1.807, 2.05) is 24.3 Å². The third-order valence-electron chi connectivity index (χ3n) is 1.93. The Morgan fingerprint density at radius 3 is 3.07 bits per heavy atom. The van der Waals surface area contributed by atoms with Crippen LogP contribution in [0.2, 0.25) is 0 Å². The van der Waals surface area contributed by atoms with Gasteiger partial charge in [-0.25, -0.2) is 4.79 Å². The van der Waals surface area contributed by atoms with Crippen molar-refractivity contribution in [1.82, 2.24) is 5.32 Å². The first kappa shape index (κ1) is 11.6. The molecule has 0 atom stereocenters. The van der Waals surface area contributed by atoms with Crippen LogP contribution in [0.5, 0.6) is 0 Å². The molecule has 15 heavy (non-hydrogen) atoms. The predicted molar refractivity (Wildman–Crippen MR) is 58.4 cm³/mol. The molecule has 3 nitrogen and oxygen atoms in total. The van der Waals surface area contributed by atoms with E-state index < -0.39 is 0 Å². The average molecular weight is 206 g/mol. The zero-order valence-electron chi connectivity index (χ0n) is 8.95. The third-order valence-corrected chi connectivity index (χ3v) is 1.93. The molecule has 0 heterocycles. The number of benzene rings is 1. The van der Waals surface area contributed by atoms with Gasteiger partial charge in [0.15, 0.2) is 0 Å². The molecule has 0 bridgehead atoms. The van der Waals surface area contributed by atoms with Crippen LogP contribution < -0.4 is 5.32 Å². The van der Waals surface area contributed by atoms with Gasteiger partial charge in [-0.15, -0.1) is 0 Å². The molecular formula is C12H16NO2. The summed E-state index contributed by atoms with van der Waals surface area (Å²) in [6.07, 6.45) is 1.57. The lowest BCUT2D eigenvalue weighted by atomic mass is 10.2. The SMILES string of the molecule is CCCCOC(=O)NCc1[c]cccc1. The molecule has 3 heteroatoms. The van der Waals surface area contributed by atoms with Crippen molar-refractivity contribution >= 4 is 6.09 Å². The lowest BCUT2D eigenvalue weighted by molar-refractivity contribution is 0.144. The number of hydrogen-bond donors (Lipinski definition) is 1. The van der Waals surface area contributed by atoms with E-state index in [2.05, 4.69) is 18.3 Å². The third kappa shape index (κ3) is 5.05. The second-order valence-electron chi connectivity index (χ2n) is 3.23. The lowest BCUT2D eigenvalue weighted by Gasteiger charge is -2.05. The van der Waals surface area contributed by atoms with Gasteiger partial charge in [0, 0.05) is 6.54 Å². The number of hydrogen-bond acceptors (Lipinski definition) is 2. The monoisotopic (exact) mass is 206 g/mol. The van der Waals surface area contributed by atoms with Crippen LogP contribution in [0.1, 0.15) is 25.3 Å². The van der Waals surface area contributed by atoms with E-state index in [1.54, 1.807) is 0 Å². The van der Waals surface area contributed by atoms with E-state index in [1.165, 1.54) is 0 Å². The summed E-state index contributed by atoms with van der Waals surface area (Å²) in [5.41, 5.74) is 0.949. The smallest absolute Gasteiger partial charge is 0.407 e. The first-order chi connectivity index (χ1) is 7.33. The van der Waals surface area contributed by atoms with E-state index in [9.17, 15) is 4.79 Å². The zero-order valence-corrected chi connectivity index (χ0v) is 8.95. The highest BCUT2D eigenvalue weighted by Gasteiger charge is 2.00. The number of carbonyl (C=O) groups excluding carboxylic acids is 1. The fourth-order valence-electron chi connectivity index (χ4n) is 1.07. The van der Waals surface area contributed by atoms with Crippen LogP contribution >= 0.6 is 0 Å². The van der Waals surface area contributed by atoms with Crippen LogP contribution in [-0.2, 0) is 11.3 Å². The first-order valence-corrected chi connectivity index (χ1v) is 5.19. The highest BCUT2D eigenvalue weighted by atomic mass is 16.5. The summed E-state index contributed by atoms with van der Waals surface area (Å²) in [6.45, 7) is 3.01. The van der Waals surface area contributed by atoms with Crippen molar-refractivity contribution in [1.29, 1.82) is 0 Å². The summed E-state index contributed by atoms with van der Waals surface area (Å²) in [5, 5.41) is 2.67. The van der Waals surface area contributed by atoms with Crippen molar-refractivity contribution in [2.75, 3.05) is 6.61 Å². The predicted octanol–water partition coefficient (Wildman–Crippen LogP) is 2.51. The summed E-state index contributed by atoms with van der Waals surface area (Å²) in [4.78, 5) is 11.1. The number of nitrogens with one attached hydrogen (secondary N) is 1. The van der Waals surface area contributed by atoms with Gasteiger partial charge in [0.2, 0.25) is 0 Å². The van der Waals surface area contributed by atoms with Gasteiger partial charge in [0.05, 0.1) is 6.61 Å². The Balaban J connectivity index is 2.17. The molecule has 0 aliphatic heterocycles. The van der Waals surface area contributed by atoms with Crippen LogP contribution in [0.15, 0.2) is 24.3 Å². The molecule has 1 aromatic rings. The summed E-state index contributed by atoms with van der Waals surface area (Å²) >= 11 is 0. The van der Waals surface area contributed by atoms with Crippen LogP contribution in [0, 0.1) is 6.07 Å². The van der Waals surface area contributed by atoms with Crippen LogP contribution in [0.25, 0.3) is 0 Å². The number of alkyl carbamates (subject to hydrolysis) is 1. The molecule has 0 spiro atoms. The lowest BCUT2D eigenvalue weighted by Crippen LogP contribution is -2.24. The van der Waals surface area contributed by atoms with E-state index in [4.69, 9.17) is 4.74 Å². The minimum atomic E-state index is -0.360. The minimum Gasteiger partial charge on any atom is -0.450 e. The molecule has 0 fully saturated rings. The van der Waals surface area contributed by atoms with Crippen LogP contribution in [0.4, 0.5) is 4.79 Å². The Labute approximate surface area is 90.4 Å². The molecular weight excluding hydrogens is 190 g/mol. The molecule has 0 unspecified atom stereocenters. The molecule has 1 N–H and O–H groups in total. The molecule has 0 aliphatic carbocycles. The Hall–Kier alpha value is -1.51. The number of ether oxygens (including phenoxy) is 1. The molecule has 0 aromatic heterocycles. The second kappa shape index (κ2) is 6.87. The Morgan fingerprint density at radius 2 is 2.40 bits per heavy atom. The zero-order chi connectivity index (χ0) is 10.9. The maximum atomic E-state index is 11.1. The molecule has 0 aliphatic rings. The van der Waals surface area contributed by atoms with E-state index in [0.29, 0.717) is 13.2 Å². The Kier molecular flexibility index (Phi) is 5.30. The van der Waals surface area contributed by atoms with Crippen molar-refractivity contribution in [2.45, 2.75) is 26.3 Å². The maximum Gasteiger partial charge on any atom is 0.407 e. The largest absolute Gasteiger partial charge is 0.450 e. The minimum absolute atomic E-state index is 0.360. The van der Waals surface area contributed by atoms with Crippen molar-refractivity contribution in [3.63, 3.8) is 0 Å². The molecule has 81 valence electrons. The first-order valence-electron chi connectivity index (χ1n) is 5.19. The van der Waals surface area contributed by atoms with Gasteiger partial charge in [-0.05, 0) is 18.1 Å². The van der Waals surface area contributed by atoms with Crippen molar-refractivity contribution in [2.24, 2.45) is 0 Å². The Bertz CT molecular complexity index is 285. The summed E-state index contributed by atoms with van der Waals surface area (Å²) < 4.78 is 4.94. The fourth-order valence-corrected chi connectivity index (χ4v) is 1.07. The van der Waals surface area contributed by atoms with Gasteiger partial charge in [-0.2, -0.15) is 0 Å². The summed E-state index contributed by atoms with van der Waals surface area (Å²) in [5.74, 6) is 0. The normalized spacial score (nSPS) is 9.67. The van der Waals surface area contributed by atoms with Crippen molar-refractivity contribution in [3.8, 4) is 0 Å². The molecule has 1 aromatic carbocycles. The van der Waals surface area contributed by atoms with Gasteiger partial charge in [-0.1, -0.05) is 37.6 Å². The van der Waals surface area contributed by atoms with E-state index in [0.717, 1.165) is 18.4 Å². The molecule has 1 rings (SSSR count). The van der Waals surface area contributed by atoms with Crippen molar-refractivity contribution in [3.05, 3.63) is 35.9 Å². The average Bonchev–Trinajstić information content (AvgIpc) is 2.28. The second-order valence-corrected chi connectivity index (χ2v) is 3.23. The number of unbranched alkanes of at least 4 members (excludes halogenated alkanes) is 1. The van der Waals surface area contributed by atoms with E-state index >= 15 is 0 Å². The maximum absolute atomic E-state index is 11.1. The van der Waals surface area contributed by atoms with Crippen LogP contribution in [-0.4, -0.2) is 12.7 Å². The molecule has 1 radical (unpaired) electrons. The highest BCUT2D eigenvalue weighted by Crippen LogP contribution is 1.96.